The summed E-state index contributed by atoms with van der Waals surface area (Å²) in [6.07, 6.45) is 4.96. The summed E-state index contributed by atoms with van der Waals surface area (Å²) in [6, 6.07) is 6.63. The molecule has 1 aromatic heterocycles. The quantitative estimate of drug-likeness (QED) is 0.728. The molecule has 0 radical (unpaired) electrons. The van der Waals surface area contributed by atoms with E-state index in [4.69, 9.17) is 0 Å². The van der Waals surface area contributed by atoms with Crippen molar-refractivity contribution in [3.05, 3.63) is 41.9 Å². The van der Waals surface area contributed by atoms with Crippen LogP contribution in [0, 0.1) is 6.92 Å². The maximum Gasteiger partial charge on any atom is 0.0951 e. The van der Waals surface area contributed by atoms with E-state index in [1.807, 2.05) is 24.1 Å². The van der Waals surface area contributed by atoms with Crippen molar-refractivity contribution in [1.29, 1.82) is 0 Å². The molecule has 0 N–H and O–H groups in total. The molecule has 0 atom stereocenters. The maximum absolute atomic E-state index is 4.37. The fraction of sp³-hybridized carbons (Fsp3) is 0.308. The zero-order valence-electron chi connectivity index (χ0n) is 9.49. The Morgan fingerprint density at radius 3 is 2.67 bits per heavy atom. The summed E-state index contributed by atoms with van der Waals surface area (Å²) in [7, 11) is 1.99. The lowest BCUT2D eigenvalue weighted by atomic mass is 10.0. The second-order valence-corrected chi connectivity index (χ2v) is 3.99. The van der Waals surface area contributed by atoms with Crippen LogP contribution in [0.3, 0.4) is 0 Å². The molecule has 2 rings (SSSR count). The van der Waals surface area contributed by atoms with Crippen LogP contribution in [0.4, 0.5) is 0 Å². The van der Waals surface area contributed by atoms with E-state index in [1.54, 1.807) is 0 Å². The first kappa shape index (κ1) is 9.97. The molecule has 15 heavy (non-hydrogen) atoms. The Balaban J connectivity index is 2.48. The molecule has 0 fully saturated rings. The lowest BCUT2D eigenvalue weighted by molar-refractivity contribution is 0.913. The summed E-state index contributed by atoms with van der Waals surface area (Å²) in [4.78, 5) is 4.37. The average molecular weight is 200 g/mol. The summed E-state index contributed by atoms with van der Waals surface area (Å²) in [5.74, 6) is 0. The van der Waals surface area contributed by atoms with Gasteiger partial charge in [0.1, 0.15) is 0 Å². The van der Waals surface area contributed by atoms with Gasteiger partial charge in [0.25, 0.3) is 0 Å². The largest absolute Gasteiger partial charge is 0.340 e. The third-order valence-corrected chi connectivity index (χ3v) is 2.55. The highest BCUT2D eigenvalue weighted by Crippen LogP contribution is 2.20. The first-order valence-corrected chi connectivity index (χ1v) is 5.28. The summed E-state index contributed by atoms with van der Waals surface area (Å²) in [5.41, 5.74) is 4.94. The fourth-order valence-corrected chi connectivity index (χ4v) is 1.78. The molecule has 0 aliphatic heterocycles. The molecule has 0 aliphatic carbocycles. The van der Waals surface area contributed by atoms with Crippen LogP contribution in [0.25, 0.3) is 11.3 Å². The molecular weight excluding hydrogens is 184 g/mol. The highest BCUT2D eigenvalue weighted by Gasteiger charge is 2.02. The topological polar surface area (TPSA) is 17.8 Å². The molecule has 2 heteroatoms. The molecule has 2 aromatic rings. The number of hydrogen-bond donors (Lipinski definition) is 0. The Morgan fingerprint density at radius 2 is 2.07 bits per heavy atom. The van der Waals surface area contributed by atoms with Crippen LogP contribution in [-0.4, -0.2) is 9.55 Å². The van der Waals surface area contributed by atoms with E-state index in [-0.39, 0.29) is 0 Å². The number of aromatic nitrogens is 2. The van der Waals surface area contributed by atoms with E-state index in [0.717, 1.165) is 12.1 Å². The standard InChI is InChI=1S/C13H16N2/c1-4-11-5-10(2)6-12(7-11)13-8-15(3)9-14-13/h5-9H,4H2,1-3H3. The van der Waals surface area contributed by atoms with Gasteiger partial charge in [-0.05, 0) is 31.0 Å². The van der Waals surface area contributed by atoms with Crippen LogP contribution in [0.5, 0.6) is 0 Å². The molecule has 0 saturated carbocycles. The van der Waals surface area contributed by atoms with Gasteiger partial charge < -0.3 is 4.57 Å². The minimum atomic E-state index is 1.05. The predicted octanol–water partition coefficient (Wildman–Crippen LogP) is 2.96. The van der Waals surface area contributed by atoms with Gasteiger partial charge in [-0.2, -0.15) is 0 Å². The highest BCUT2D eigenvalue weighted by atomic mass is 15.0. The first-order chi connectivity index (χ1) is 7.19. The normalized spacial score (nSPS) is 10.6. The van der Waals surface area contributed by atoms with Gasteiger partial charge in [-0.1, -0.05) is 18.6 Å². The van der Waals surface area contributed by atoms with Crippen LogP contribution in [0.1, 0.15) is 18.1 Å². The van der Waals surface area contributed by atoms with Gasteiger partial charge in [0.05, 0.1) is 12.0 Å². The van der Waals surface area contributed by atoms with Crippen LogP contribution >= 0.6 is 0 Å². The van der Waals surface area contributed by atoms with E-state index in [2.05, 4.69) is 37.0 Å². The molecule has 0 aliphatic rings. The zero-order chi connectivity index (χ0) is 10.8. The molecule has 0 amide bonds. The zero-order valence-corrected chi connectivity index (χ0v) is 9.49. The van der Waals surface area contributed by atoms with Gasteiger partial charge in [0, 0.05) is 18.8 Å². The average Bonchev–Trinajstić information content (AvgIpc) is 2.64. The maximum atomic E-state index is 4.37. The molecule has 1 aromatic carbocycles. The van der Waals surface area contributed by atoms with Gasteiger partial charge in [0.15, 0.2) is 0 Å². The summed E-state index contributed by atoms with van der Waals surface area (Å²) in [6.45, 7) is 4.31. The van der Waals surface area contributed by atoms with Crippen molar-refractivity contribution in [2.24, 2.45) is 7.05 Å². The molecule has 1 heterocycles. The minimum Gasteiger partial charge on any atom is -0.340 e. The summed E-state index contributed by atoms with van der Waals surface area (Å²) < 4.78 is 1.98. The van der Waals surface area contributed by atoms with Gasteiger partial charge in [-0.3, -0.25) is 0 Å². The van der Waals surface area contributed by atoms with Crippen molar-refractivity contribution in [1.82, 2.24) is 9.55 Å². The Morgan fingerprint density at radius 1 is 1.27 bits per heavy atom. The summed E-state index contributed by atoms with van der Waals surface area (Å²) in [5, 5.41) is 0. The smallest absolute Gasteiger partial charge is 0.0951 e. The number of benzene rings is 1. The minimum absolute atomic E-state index is 1.05. The molecular formula is C13H16N2. The SMILES string of the molecule is CCc1cc(C)cc(-c2cn(C)cn2)c1. The monoisotopic (exact) mass is 200 g/mol. The first-order valence-electron chi connectivity index (χ1n) is 5.28. The van der Waals surface area contributed by atoms with E-state index < -0.39 is 0 Å². The fourth-order valence-electron chi connectivity index (χ4n) is 1.78. The Kier molecular flexibility index (Phi) is 2.58. The van der Waals surface area contributed by atoms with E-state index >= 15 is 0 Å². The molecule has 0 saturated heterocycles. The van der Waals surface area contributed by atoms with Crippen molar-refractivity contribution in [3.8, 4) is 11.3 Å². The third-order valence-electron chi connectivity index (χ3n) is 2.55. The van der Waals surface area contributed by atoms with Gasteiger partial charge in [-0.25, -0.2) is 4.98 Å². The number of rotatable bonds is 2. The van der Waals surface area contributed by atoms with Crippen LogP contribution in [0.15, 0.2) is 30.7 Å². The lowest BCUT2D eigenvalue weighted by Gasteiger charge is -2.03. The Hall–Kier alpha value is -1.57. The molecule has 2 nitrogen and oxygen atoms in total. The molecule has 0 bridgehead atoms. The van der Waals surface area contributed by atoms with Gasteiger partial charge >= 0.3 is 0 Å². The van der Waals surface area contributed by atoms with Crippen molar-refractivity contribution in [2.75, 3.05) is 0 Å². The molecule has 0 spiro atoms. The number of imidazole rings is 1. The number of hydrogen-bond acceptors (Lipinski definition) is 1. The number of aryl methyl sites for hydroxylation is 3. The van der Waals surface area contributed by atoms with Gasteiger partial charge in [0.2, 0.25) is 0 Å². The predicted molar refractivity (Wildman–Crippen MR) is 62.8 cm³/mol. The number of nitrogens with zero attached hydrogens (tertiary/aromatic N) is 2. The molecule has 0 unspecified atom stereocenters. The second-order valence-electron chi connectivity index (χ2n) is 3.99. The molecule has 78 valence electrons. The van der Waals surface area contributed by atoms with E-state index in [1.165, 1.54) is 16.7 Å². The van der Waals surface area contributed by atoms with Crippen molar-refractivity contribution < 1.29 is 0 Å². The van der Waals surface area contributed by atoms with Crippen molar-refractivity contribution in [3.63, 3.8) is 0 Å². The van der Waals surface area contributed by atoms with Crippen molar-refractivity contribution >= 4 is 0 Å². The summed E-state index contributed by atoms with van der Waals surface area (Å²) >= 11 is 0. The second kappa shape index (κ2) is 3.89. The van der Waals surface area contributed by atoms with E-state index in [9.17, 15) is 0 Å². The van der Waals surface area contributed by atoms with Gasteiger partial charge in [-0.15, -0.1) is 0 Å². The highest BCUT2D eigenvalue weighted by molar-refractivity contribution is 5.60. The lowest BCUT2D eigenvalue weighted by Crippen LogP contribution is -1.86. The van der Waals surface area contributed by atoms with E-state index in [0.29, 0.717) is 0 Å². The Bertz CT molecular complexity index is 469. The van der Waals surface area contributed by atoms with Crippen LogP contribution in [-0.2, 0) is 13.5 Å². The van der Waals surface area contributed by atoms with Crippen LogP contribution < -0.4 is 0 Å². The third kappa shape index (κ3) is 2.09. The Labute approximate surface area is 90.6 Å². The van der Waals surface area contributed by atoms with Crippen LogP contribution in [0.2, 0.25) is 0 Å². The van der Waals surface area contributed by atoms with Crippen molar-refractivity contribution in [2.45, 2.75) is 20.3 Å².